The molecule has 1 atom stereocenters. The zero-order valence-corrected chi connectivity index (χ0v) is 17.0. The molecule has 0 radical (unpaired) electrons. The van der Waals surface area contributed by atoms with Crippen molar-refractivity contribution in [2.45, 2.75) is 31.7 Å². The zero-order valence-electron chi connectivity index (χ0n) is 17.0. The number of nitrogens with zero attached hydrogens (tertiary/aromatic N) is 2. The van der Waals surface area contributed by atoms with Crippen LogP contribution in [0.1, 0.15) is 40.2 Å². The van der Waals surface area contributed by atoms with E-state index >= 15 is 0 Å². The van der Waals surface area contributed by atoms with Crippen LogP contribution < -0.4 is 0 Å². The standard InChI is InChI=1S/C27H26N2O/c30-26-13-7-12-23-16-20(14-15-25(23)26)18-29-19-24(17-28-29)27(21-8-3-1-4-9-21)22-10-5-2-6-11-22/h1-13,17,19-20,27,30H,14-16,18H2. The summed E-state index contributed by atoms with van der Waals surface area (Å²) < 4.78 is 2.10. The molecular weight excluding hydrogens is 368 g/mol. The van der Waals surface area contributed by atoms with Gasteiger partial charge in [0.15, 0.2) is 0 Å². The molecule has 1 aliphatic carbocycles. The molecule has 3 nitrogen and oxygen atoms in total. The van der Waals surface area contributed by atoms with Gasteiger partial charge in [0.2, 0.25) is 0 Å². The number of hydrogen-bond donors (Lipinski definition) is 1. The number of benzene rings is 3. The summed E-state index contributed by atoms with van der Waals surface area (Å²) in [7, 11) is 0. The lowest BCUT2D eigenvalue weighted by Crippen LogP contribution is -2.19. The maximum Gasteiger partial charge on any atom is 0.119 e. The molecule has 1 aliphatic rings. The van der Waals surface area contributed by atoms with E-state index in [1.165, 1.54) is 22.3 Å². The number of hydrogen-bond acceptors (Lipinski definition) is 2. The molecule has 3 heteroatoms. The molecule has 1 aromatic heterocycles. The van der Waals surface area contributed by atoms with Gasteiger partial charge in [-0.15, -0.1) is 0 Å². The monoisotopic (exact) mass is 394 g/mol. The lowest BCUT2D eigenvalue weighted by atomic mass is 9.83. The van der Waals surface area contributed by atoms with Crippen LogP contribution in [-0.4, -0.2) is 14.9 Å². The van der Waals surface area contributed by atoms with Gasteiger partial charge in [-0.05, 0) is 53.5 Å². The van der Waals surface area contributed by atoms with Crippen molar-refractivity contribution in [1.82, 2.24) is 9.78 Å². The second kappa shape index (κ2) is 8.19. The highest BCUT2D eigenvalue weighted by molar-refractivity contribution is 5.42. The number of phenolic OH excluding ortho intramolecular Hbond substituents is 1. The van der Waals surface area contributed by atoms with Gasteiger partial charge in [-0.1, -0.05) is 72.8 Å². The van der Waals surface area contributed by atoms with Gasteiger partial charge in [-0.25, -0.2) is 0 Å². The largest absolute Gasteiger partial charge is 0.508 e. The maximum absolute atomic E-state index is 10.1. The molecule has 150 valence electrons. The van der Waals surface area contributed by atoms with E-state index in [-0.39, 0.29) is 5.92 Å². The molecule has 1 unspecified atom stereocenters. The fraction of sp³-hybridized carbons (Fsp3) is 0.222. The van der Waals surface area contributed by atoms with Crippen LogP contribution in [0.3, 0.4) is 0 Å². The Morgan fingerprint density at radius 1 is 0.867 bits per heavy atom. The summed E-state index contributed by atoms with van der Waals surface area (Å²) in [5.74, 6) is 1.17. The minimum Gasteiger partial charge on any atom is -0.508 e. The van der Waals surface area contributed by atoms with Crippen LogP contribution in [0.2, 0.25) is 0 Å². The lowest BCUT2D eigenvalue weighted by molar-refractivity contribution is 0.368. The van der Waals surface area contributed by atoms with E-state index in [9.17, 15) is 5.11 Å². The summed E-state index contributed by atoms with van der Waals surface area (Å²) in [5.41, 5.74) is 6.20. The Morgan fingerprint density at radius 3 is 2.27 bits per heavy atom. The van der Waals surface area contributed by atoms with Crippen molar-refractivity contribution in [3.63, 3.8) is 0 Å². The van der Waals surface area contributed by atoms with E-state index in [1.54, 1.807) is 6.07 Å². The third kappa shape index (κ3) is 3.76. The number of fused-ring (bicyclic) bond motifs is 1. The quantitative estimate of drug-likeness (QED) is 0.480. The Kier molecular flexibility index (Phi) is 5.10. The highest BCUT2D eigenvalue weighted by Gasteiger charge is 2.23. The predicted molar refractivity (Wildman–Crippen MR) is 120 cm³/mol. The molecule has 3 aromatic carbocycles. The molecule has 4 aromatic rings. The van der Waals surface area contributed by atoms with Crippen molar-refractivity contribution in [3.05, 3.63) is 119 Å². The molecule has 5 rings (SSSR count). The Labute approximate surface area is 177 Å². The van der Waals surface area contributed by atoms with Gasteiger partial charge in [0.1, 0.15) is 5.75 Å². The van der Waals surface area contributed by atoms with E-state index in [4.69, 9.17) is 5.10 Å². The third-order valence-electron chi connectivity index (χ3n) is 6.26. The number of rotatable bonds is 5. The first-order chi connectivity index (χ1) is 14.8. The molecule has 1 heterocycles. The first-order valence-electron chi connectivity index (χ1n) is 10.7. The van der Waals surface area contributed by atoms with Crippen LogP contribution in [-0.2, 0) is 19.4 Å². The first-order valence-corrected chi connectivity index (χ1v) is 10.7. The molecule has 0 fully saturated rings. The third-order valence-corrected chi connectivity index (χ3v) is 6.26. The van der Waals surface area contributed by atoms with Crippen molar-refractivity contribution >= 4 is 0 Å². The second-order valence-corrected chi connectivity index (χ2v) is 8.27. The number of phenols is 1. The highest BCUT2D eigenvalue weighted by Crippen LogP contribution is 2.34. The molecule has 0 bridgehead atoms. The van der Waals surface area contributed by atoms with Crippen LogP contribution in [0.15, 0.2) is 91.3 Å². The molecule has 0 spiro atoms. The van der Waals surface area contributed by atoms with E-state index in [0.717, 1.165) is 31.4 Å². The van der Waals surface area contributed by atoms with Gasteiger partial charge in [0, 0.05) is 24.2 Å². The van der Waals surface area contributed by atoms with E-state index < -0.39 is 0 Å². The van der Waals surface area contributed by atoms with Crippen molar-refractivity contribution < 1.29 is 5.11 Å². The average molecular weight is 395 g/mol. The SMILES string of the molecule is Oc1cccc2c1CCC(Cn1cc(C(c3ccccc3)c3ccccc3)cn1)C2. The van der Waals surface area contributed by atoms with Crippen molar-refractivity contribution in [3.8, 4) is 5.75 Å². The summed E-state index contributed by atoms with van der Waals surface area (Å²) >= 11 is 0. The molecule has 30 heavy (non-hydrogen) atoms. The smallest absolute Gasteiger partial charge is 0.119 e. The fourth-order valence-electron chi connectivity index (χ4n) is 4.78. The van der Waals surface area contributed by atoms with Crippen molar-refractivity contribution in [1.29, 1.82) is 0 Å². The summed E-state index contributed by atoms with van der Waals surface area (Å²) in [6.07, 6.45) is 7.26. The Morgan fingerprint density at radius 2 is 1.57 bits per heavy atom. The maximum atomic E-state index is 10.1. The van der Waals surface area contributed by atoms with Crippen molar-refractivity contribution in [2.24, 2.45) is 5.92 Å². The molecule has 0 amide bonds. The van der Waals surface area contributed by atoms with E-state index in [0.29, 0.717) is 11.7 Å². The summed E-state index contributed by atoms with van der Waals surface area (Å²) in [6, 6.07) is 27.2. The van der Waals surface area contributed by atoms with Gasteiger partial charge < -0.3 is 5.11 Å². The number of aromatic hydroxyl groups is 1. The second-order valence-electron chi connectivity index (χ2n) is 8.27. The minimum atomic E-state index is 0.185. The van der Waals surface area contributed by atoms with Crippen LogP contribution >= 0.6 is 0 Å². The Bertz CT molecular complexity index is 1080. The Balaban J connectivity index is 1.39. The van der Waals surface area contributed by atoms with Crippen LogP contribution in [0.25, 0.3) is 0 Å². The number of aromatic nitrogens is 2. The topological polar surface area (TPSA) is 38.0 Å². The summed E-state index contributed by atoms with van der Waals surface area (Å²) in [5, 5.41) is 14.8. The summed E-state index contributed by atoms with van der Waals surface area (Å²) in [6.45, 7) is 0.908. The molecule has 0 aliphatic heterocycles. The first kappa shape index (κ1) is 18.7. The fourth-order valence-corrected chi connectivity index (χ4v) is 4.78. The van der Waals surface area contributed by atoms with E-state index in [1.807, 2.05) is 12.3 Å². The van der Waals surface area contributed by atoms with Crippen LogP contribution in [0.5, 0.6) is 5.75 Å². The van der Waals surface area contributed by atoms with Crippen molar-refractivity contribution in [2.75, 3.05) is 0 Å². The molecule has 0 saturated carbocycles. The highest BCUT2D eigenvalue weighted by atomic mass is 16.3. The van der Waals surface area contributed by atoms with Crippen LogP contribution in [0.4, 0.5) is 0 Å². The van der Waals surface area contributed by atoms with Gasteiger partial charge in [-0.3, -0.25) is 4.68 Å². The van der Waals surface area contributed by atoms with E-state index in [2.05, 4.69) is 77.6 Å². The average Bonchev–Trinajstić information content (AvgIpc) is 3.23. The minimum absolute atomic E-state index is 0.185. The van der Waals surface area contributed by atoms with Gasteiger partial charge in [0.05, 0.1) is 6.20 Å². The van der Waals surface area contributed by atoms with Gasteiger partial charge in [0.25, 0.3) is 0 Å². The zero-order chi connectivity index (χ0) is 20.3. The van der Waals surface area contributed by atoms with Crippen LogP contribution in [0, 0.1) is 5.92 Å². The van der Waals surface area contributed by atoms with Gasteiger partial charge in [-0.2, -0.15) is 5.10 Å². The normalized spacial score (nSPS) is 15.8. The molecular formula is C27H26N2O. The van der Waals surface area contributed by atoms with Gasteiger partial charge >= 0.3 is 0 Å². The summed E-state index contributed by atoms with van der Waals surface area (Å²) in [4.78, 5) is 0. The molecule has 1 N–H and O–H groups in total. The predicted octanol–water partition coefficient (Wildman–Crippen LogP) is 5.57. The Hall–Kier alpha value is -3.33. The lowest BCUT2D eigenvalue weighted by Gasteiger charge is -2.25. The molecule has 0 saturated heterocycles.